The van der Waals surface area contributed by atoms with E-state index in [0.29, 0.717) is 27.9 Å². The standard InChI is InChI=1S/C15H11N3O2/c1-8-12-13(19)10-7-9-5-3-4-6-11(9)16-14(10)20-15(12)18(2)17-8/h3-7H,1-2H3. The molecule has 5 nitrogen and oxygen atoms in total. The Kier molecular flexibility index (Phi) is 2.04. The van der Waals surface area contributed by atoms with E-state index in [1.165, 1.54) is 0 Å². The Labute approximate surface area is 113 Å². The summed E-state index contributed by atoms with van der Waals surface area (Å²) in [4.78, 5) is 17.0. The first kappa shape index (κ1) is 11.2. The summed E-state index contributed by atoms with van der Waals surface area (Å²) in [5.41, 5.74) is 2.21. The highest BCUT2D eigenvalue weighted by Crippen LogP contribution is 2.22. The summed E-state index contributed by atoms with van der Waals surface area (Å²) in [5.74, 6) is 0. The fourth-order valence-electron chi connectivity index (χ4n) is 2.58. The van der Waals surface area contributed by atoms with Crippen molar-refractivity contribution in [2.45, 2.75) is 6.92 Å². The molecule has 0 radical (unpaired) electrons. The Hall–Kier alpha value is -2.69. The lowest BCUT2D eigenvalue weighted by Gasteiger charge is -2.01. The number of fused-ring (bicyclic) bond motifs is 3. The highest BCUT2D eigenvalue weighted by Gasteiger charge is 2.15. The topological polar surface area (TPSA) is 60.9 Å². The van der Waals surface area contributed by atoms with Gasteiger partial charge in [0, 0.05) is 12.4 Å². The van der Waals surface area contributed by atoms with Gasteiger partial charge in [-0.25, -0.2) is 9.67 Å². The molecule has 0 aliphatic heterocycles. The maximum absolute atomic E-state index is 12.6. The molecule has 0 aliphatic rings. The third kappa shape index (κ3) is 1.34. The van der Waals surface area contributed by atoms with Gasteiger partial charge in [0.2, 0.25) is 16.9 Å². The summed E-state index contributed by atoms with van der Waals surface area (Å²) < 4.78 is 7.35. The molecule has 0 spiro atoms. The van der Waals surface area contributed by atoms with Crippen molar-refractivity contribution in [3.05, 3.63) is 46.2 Å². The third-order valence-electron chi connectivity index (χ3n) is 3.52. The van der Waals surface area contributed by atoms with Crippen LogP contribution in [0.25, 0.3) is 33.1 Å². The SMILES string of the molecule is Cc1nn(C)c2oc3nc4ccccc4cc3c(=O)c12. The van der Waals surface area contributed by atoms with Crippen LogP contribution in [0.1, 0.15) is 5.69 Å². The van der Waals surface area contributed by atoms with Crippen LogP contribution in [0.3, 0.4) is 0 Å². The van der Waals surface area contributed by atoms with Gasteiger partial charge in [-0.05, 0) is 19.1 Å². The lowest BCUT2D eigenvalue weighted by Crippen LogP contribution is -2.03. The van der Waals surface area contributed by atoms with E-state index in [0.717, 1.165) is 10.9 Å². The summed E-state index contributed by atoms with van der Waals surface area (Å²) in [5, 5.41) is 6.18. The molecule has 0 N–H and O–H groups in total. The Bertz CT molecular complexity index is 1040. The van der Waals surface area contributed by atoms with E-state index in [1.54, 1.807) is 18.7 Å². The molecule has 4 aromatic rings. The van der Waals surface area contributed by atoms with Gasteiger partial charge >= 0.3 is 0 Å². The zero-order chi connectivity index (χ0) is 13.9. The van der Waals surface area contributed by atoms with Crippen molar-refractivity contribution in [2.24, 2.45) is 7.05 Å². The molecule has 1 aromatic carbocycles. The van der Waals surface area contributed by atoms with E-state index in [-0.39, 0.29) is 5.43 Å². The molecule has 0 saturated carbocycles. The fraction of sp³-hybridized carbons (Fsp3) is 0.133. The molecular weight excluding hydrogens is 254 g/mol. The predicted octanol–water partition coefficient (Wildman–Crippen LogP) is 2.54. The number of para-hydroxylation sites is 1. The number of rotatable bonds is 0. The number of aryl methyl sites for hydroxylation is 2. The smallest absolute Gasteiger partial charge is 0.233 e. The van der Waals surface area contributed by atoms with Crippen LogP contribution < -0.4 is 5.43 Å². The summed E-state index contributed by atoms with van der Waals surface area (Å²) in [7, 11) is 1.76. The molecule has 4 rings (SSSR count). The van der Waals surface area contributed by atoms with Crippen LogP contribution in [0.5, 0.6) is 0 Å². The normalized spacial score (nSPS) is 11.7. The molecule has 0 amide bonds. The second-order valence-corrected chi connectivity index (χ2v) is 4.85. The van der Waals surface area contributed by atoms with Crippen LogP contribution in [-0.2, 0) is 7.05 Å². The number of hydrogen-bond donors (Lipinski definition) is 0. The van der Waals surface area contributed by atoms with E-state index in [9.17, 15) is 4.79 Å². The zero-order valence-corrected chi connectivity index (χ0v) is 11.0. The maximum Gasteiger partial charge on any atom is 0.233 e. The Morgan fingerprint density at radius 2 is 2.05 bits per heavy atom. The van der Waals surface area contributed by atoms with Crippen LogP contribution in [0, 0.1) is 6.92 Å². The average molecular weight is 265 g/mol. The Balaban J connectivity index is 2.30. The molecule has 0 saturated heterocycles. The van der Waals surface area contributed by atoms with Crippen molar-refractivity contribution < 1.29 is 4.42 Å². The van der Waals surface area contributed by atoms with E-state index >= 15 is 0 Å². The molecule has 0 bridgehead atoms. The van der Waals surface area contributed by atoms with E-state index in [1.807, 2.05) is 30.3 Å². The first-order valence-electron chi connectivity index (χ1n) is 6.31. The lowest BCUT2D eigenvalue weighted by atomic mass is 10.1. The quantitative estimate of drug-likeness (QED) is 0.458. The molecule has 98 valence electrons. The third-order valence-corrected chi connectivity index (χ3v) is 3.52. The number of aromatic nitrogens is 3. The summed E-state index contributed by atoms with van der Waals surface area (Å²) in [6.07, 6.45) is 0. The molecule has 5 heteroatoms. The highest BCUT2D eigenvalue weighted by atomic mass is 16.4. The minimum absolute atomic E-state index is 0.0786. The van der Waals surface area contributed by atoms with Gasteiger partial charge in [0.15, 0.2) is 0 Å². The molecule has 0 atom stereocenters. The molecular formula is C15H11N3O2. The van der Waals surface area contributed by atoms with Crippen LogP contribution >= 0.6 is 0 Å². The molecule has 0 unspecified atom stereocenters. The largest absolute Gasteiger partial charge is 0.419 e. The number of nitrogens with zero attached hydrogens (tertiary/aromatic N) is 3. The monoisotopic (exact) mass is 265 g/mol. The molecule has 20 heavy (non-hydrogen) atoms. The van der Waals surface area contributed by atoms with Crippen LogP contribution in [0.2, 0.25) is 0 Å². The molecule has 0 fully saturated rings. The number of benzene rings is 1. The van der Waals surface area contributed by atoms with Gasteiger partial charge in [-0.3, -0.25) is 4.79 Å². The Morgan fingerprint density at radius 3 is 2.90 bits per heavy atom. The van der Waals surface area contributed by atoms with E-state index in [4.69, 9.17) is 4.42 Å². The van der Waals surface area contributed by atoms with Gasteiger partial charge in [0.25, 0.3) is 0 Å². The van der Waals surface area contributed by atoms with Gasteiger partial charge in [0.1, 0.15) is 5.39 Å². The van der Waals surface area contributed by atoms with Gasteiger partial charge in [-0.2, -0.15) is 5.10 Å². The number of hydrogen-bond acceptors (Lipinski definition) is 4. The first-order valence-corrected chi connectivity index (χ1v) is 6.31. The van der Waals surface area contributed by atoms with Crippen molar-refractivity contribution >= 4 is 33.1 Å². The fourth-order valence-corrected chi connectivity index (χ4v) is 2.58. The van der Waals surface area contributed by atoms with Crippen LogP contribution in [0.15, 0.2) is 39.5 Å². The lowest BCUT2D eigenvalue weighted by molar-refractivity contribution is 0.591. The van der Waals surface area contributed by atoms with E-state index in [2.05, 4.69) is 10.1 Å². The minimum Gasteiger partial charge on any atom is -0.419 e. The van der Waals surface area contributed by atoms with Crippen molar-refractivity contribution in [1.82, 2.24) is 14.8 Å². The zero-order valence-electron chi connectivity index (χ0n) is 11.0. The predicted molar refractivity (Wildman–Crippen MR) is 76.8 cm³/mol. The van der Waals surface area contributed by atoms with Crippen LogP contribution in [0.4, 0.5) is 0 Å². The second-order valence-electron chi connectivity index (χ2n) is 4.85. The van der Waals surface area contributed by atoms with E-state index < -0.39 is 0 Å². The Morgan fingerprint density at radius 1 is 1.25 bits per heavy atom. The van der Waals surface area contributed by atoms with Crippen molar-refractivity contribution in [1.29, 1.82) is 0 Å². The highest BCUT2D eigenvalue weighted by molar-refractivity contribution is 5.94. The molecule has 3 aromatic heterocycles. The average Bonchev–Trinajstić information content (AvgIpc) is 2.72. The number of pyridine rings is 1. The van der Waals surface area contributed by atoms with Gasteiger partial charge < -0.3 is 4.42 Å². The van der Waals surface area contributed by atoms with Crippen molar-refractivity contribution in [2.75, 3.05) is 0 Å². The summed E-state index contributed by atoms with van der Waals surface area (Å²) in [6.45, 7) is 1.81. The maximum atomic E-state index is 12.6. The van der Waals surface area contributed by atoms with Crippen molar-refractivity contribution in [3.8, 4) is 0 Å². The second kappa shape index (κ2) is 3.66. The van der Waals surface area contributed by atoms with Gasteiger partial charge in [0.05, 0.1) is 16.6 Å². The summed E-state index contributed by atoms with van der Waals surface area (Å²) >= 11 is 0. The van der Waals surface area contributed by atoms with Crippen molar-refractivity contribution in [3.63, 3.8) is 0 Å². The summed E-state index contributed by atoms with van der Waals surface area (Å²) in [6, 6.07) is 9.49. The van der Waals surface area contributed by atoms with Crippen LogP contribution in [-0.4, -0.2) is 14.8 Å². The molecule has 0 aliphatic carbocycles. The van der Waals surface area contributed by atoms with Gasteiger partial charge in [-0.1, -0.05) is 18.2 Å². The van der Waals surface area contributed by atoms with Gasteiger partial charge in [-0.15, -0.1) is 0 Å². The first-order chi connectivity index (χ1) is 9.65. The minimum atomic E-state index is -0.0786. The molecule has 3 heterocycles.